The Morgan fingerprint density at radius 3 is 2.55 bits per heavy atom. The summed E-state index contributed by atoms with van der Waals surface area (Å²) in [5.41, 5.74) is 11.3. The lowest BCUT2D eigenvalue weighted by Crippen LogP contribution is -2.32. The molecule has 20 heavy (non-hydrogen) atoms. The van der Waals surface area contributed by atoms with Gasteiger partial charge in [-0.3, -0.25) is 9.59 Å². The first-order chi connectivity index (χ1) is 9.56. The number of primary amides is 1. The Hall–Kier alpha value is -2.08. The Morgan fingerprint density at radius 2 is 2.00 bits per heavy atom. The van der Waals surface area contributed by atoms with Gasteiger partial charge in [0.05, 0.1) is 13.0 Å². The summed E-state index contributed by atoms with van der Waals surface area (Å²) < 4.78 is 5.47. The number of benzene rings is 1. The molecule has 2 rings (SSSR count). The lowest BCUT2D eigenvalue weighted by atomic mass is 10.2. The number of amides is 2. The molecule has 1 aromatic rings. The van der Waals surface area contributed by atoms with E-state index in [4.69, 9.17) is 16.2 Å². The Balaban J connectivity index is 1.75. The molecule has 1 aromatic carbocycles. The predicted octanol–water partition coefficient (Wildman–Crippen LogP) is 0.114. The number of carbonyl (C=O) groups excluding carboxylic acids is 2. The van der Waals surface area contributed by atoms with Crippen LogP contribution in [-0.2, 0) is 4.79 Å². The lowest BCUT2D eigenvalue weighted by Gasteiger charge is -2.15. The van der Waals surface area contributed by atoms with Gasteiger partial charge < -0.3 is 21.1 Å². The minimum absolute atomic E-state index is 0.0618. The Labute approximate surface area is 117 Å². The zero-order valence-electron chi connectivity index (χ0n) is 11.2. The van der Waals surface area contributed by atoms with Crippen molar-refractivity contribution < 1.29 is 14.3 Å². The molecule has 1 atom stereocenters. The van der Waals surface area contributed by atoms with Gasteiger partial charge in [-0.1, -0.05) is 0 Å². The van der Waals surface area contributed by atoms with Crippen LogP contribution in [0.1, 0.15) is 23.2 Å². The zero-order chi connectivity index (χ0) is 14.5. The quantitative estimate of drug-likeness (QED) is 0.798. The highest BCUT2D eigenvalue weighted by atomic mass is 16.5. The maximum absolute atomic E-state index is 11.9. The van der Waals surface area contributed by atoms with Gasteiger partial charge in [-0.25, -0.2) is 0 Å². The van der Waals surface area contributed by atoms with Crippen LogP contribution in [0, 0.1) is 0 Å². The van der Waals surface area contributed by atoms with Gasteiger partial charge in [0, 0.05) is 24.7 Å². The summed E-state index contributed by atoms with van der Waals surface area (Å²) in [6.07, 6.45) is 1.19. The van der Waals surface area contributed by atoms with E-state index >= 15 is 0 Å². The molecule has 6 heteroatoms. The fourth-order valence-corrected chi connectivity index (χ4v) is 2.14. The molecule has 4 N–H and O–H groups in total. The van der Waals surface area contributed by atoms with E-state index in [1.54, 1.807) is 29.2 Å². The molecule has 0 spiro atoms. The summed E-state index contributed by atoms with van der Waals surface area (Å²) in [4.78, 5) is 24.5. The molecular formula is C14H19N3O3. The van der Waals surface area contributed by atoms with Crippen molar-refractivity contribution >= 4 is 11.8 Å². The minimum Gasteiger partial charge on any atom is -0.493 e. The van der Waals surface area contributed by atoms with E-state index < -0.39 is 5.91 Å². The number of rotatable bonds is 5. The standard InChI is InChI=1S/C14H19N3O3/c15-11-5-7-17(9-11)13(18)6-8-20-12-3-1-10(2-4-12)14(16)19/h1-4,11H,5-9,15H2,(H2,16,19)/t11-/m1/s1. The van der Waals surface area contributed by atoms with Gasteiger partial charge in [-0.05, 0) is 30.7 Å². The minimum atomic E-state index is -0.475. The van der Waals surface area contributed by atoms with E-state index in [1.807, 2.05) is 0 Å². The Morgan fingerprint density at radius 1 is 1.30 bits per heavy atom. The zero-order valence-corrected chi connectivity index (χ0v) is 11.2. The summed E-state index contributed by atoms with van der Waals surface area (Å²) in [6.45, 7) is 1.67. The molecule has 0 aliphatic carbocycles. The van der Waals surface area contributed by atoms with Crippen molar-refractivity contribution in [2.45, 2.75) is 18.9 Å². The first kappa shape index (κ1) is 14.3. The van der Waals surface area contributed by atoms with Crippen LogP contribution in [0.15, 0.2) is 24.3 Å². The van der Waals surface area contributed by atoms with Crippen LogP contribution in [0.25, 0.3) is 0 Å². The highest BCUT2D eigenvalue weighted by Gasteiger charge is 2.23. The average molecular weight is 277 g/mol. The maximum Gasteiger partial charge on any atom is 0.248 e. The monoisotopic (exact) mass is 277 g/mol. The van der Waals surface area contributed by atoms with Crippen LogP contribution >= 0.6 is 0 Å². The number of likely N-dealkylation sites (tertiary alicyclic amines) is 1. The molecule has 0 aromatic heterocycles. The number of ether oxygens (including phenoxy) is 1. The van der Waals surface area contributed by atoms with Crippen LogP contribution in [0.3, 0.4) is 0 Å². The van der Waals surface area contributed by atoms with Crippen LogP contribution in [0.2, 0.25) is 0 Å². The summed E-state index contributed by atoms with van der Waals surface area (Å²) in [5, 5.41) is 0. The van der Waals surface area contributed by atoms with E-state index in [0.717, 1.165) is 13.0 Å². The second kappa shape index (κ2) is 6.38. The third kappa shape index (κ3) is 3.71. The van der Waals surface area contributed by atoms with Gasteiger partial charge in [0.2, 0.25) is 11.8 Å². The topological polar surface area (TPSA) is 98.7 Å². The molecule has 1 aliphatic rings. The van der Waals surface area contributed by atoms with Crippen molar-refractivity contribution in [1.82, 2.24) is 4.90 Å². The van der Waals surface area contributed by atoms with Crippen molar-refractivity contribution in [2.24, 2.45) is 11.5 Å². The molecule has 1 fully saturated rings. The van der Waals surface area contributed by atoms with Crippen molar-refractivity contribution in [1.29, 1.82) is 0 Å². The number of carbonyl (C=O) groups is 2. The number of nitrogens with zero attached hydrogens (tertiary/aromatic N) is 1. The molecule has 6 nitrogen and oxygen atoms in total. The fourth-order valence-electron chi connectivity index (χ4n) is 2.14. The van der Waals surface area contributed by atoms with Gasteiger partial charge in [-0.2, -0.15) is 0 Å². The van der Waals surface area contributed by atoms with Gasteiger partial charge >= 0.3 is 0 Å². The van der Waals surface area contributed by atoms with Gasteiger partial charge in [-0.15, -0.1) is 0 Å². The summed E-state index contributed by atoms with van der Waals surface area (Å²) >= 11 is 0. The van der Waals surface area contributed by atoms with Crippen molar-refractivity contribution in [3.8, 4) is 5.75 Å². The third-order valence-electron chi connectivity index (χ3n) is 3.30. The van der Waals surface area contributed by atoms with Crippen molar-refractivity contribution in [3.05, 3.63) is 29.8 Å². The number of nitrogens with two attached hydrogens (primary N) is 2. The van der Waals surface area contributed by atoms with Gasteiger partial charge in [0.1, 0.15) is 5.75 Å². The Kier molecular flexibility index (Phi) is 4.57. The van der Waals surface area contributed by atoms with Crippen LogP contribution in [-0.4, -0.2) is 42.5 Å². The van der Waals surface area contributed by atoms with E-state index in [0.29, 0.717) is 30.9 Å². The first-order valence-electron chi connectivity index (χ1n) is 6.62. The smallest absolute Gasteiger partial charge is 0.248 e. The third-order valence-corrected chi connectivity index (χ3v) is 3.30. The highest BCUT2D eigenvalue weighted by Crippen LogP contribution is 2.13. The molecule has 0 unspecified atom stereocenters. The lowest BCUT2D eigenvalue weighted by molar-refractivity contribution is -0.130. The fraction of sp³-hybridized carbons (Fsp3) is 0.429. The second-order valence-electron chi connectivity index (χ2n) is 4.88. The normalized spacial score (nSPS) is 18.1. The van der Waals surface area contributed by atoms with Gasteiger partial charge in [0.25, 0.3) is 0 Å². The first-order valence-corrected chi connectivity index (χ1v) is 6.62. The second-order valence-corrected chi connectivity index (χ2v) is 4.88. The summed E-state index contributed by atoms with van der Waals surface area (Å²) in [5.74, 6) is 0.199. The van der Waals surface area contributed by atoms with Crippen LogP contribution < -0.4 is 16.2 Å². The molecule has 108 valence electrons. The molecule has 2 amide bonds. The van der Waals surface area contributed by atoms with E-state index in [1.165, 1.54) is 0 Å². The molecule has 0 saturated carbocycles. The summed E-state index contributed by atoms with van der Waals surface area (Å²) in [6, 6.07) is 6.62. The molecule has 0 radical (unpaired) electrons. The average Bonchev–Trinajstić information content (AvgIpc) is 2.86. The van der Waals surface area contributed by atoms with Crippen molar-refractivity contribution in [3.63, 3.8) is 0 Å². The summed E-state index contributed by atoms with van der Waals surface area (Å²) in [7, 11) is 0. The van der Waals surface area contributed by atoms with Gasteiger partial charge in [0.15, 0.2) is 0 Å². The molecule has 0 bridgehead atoms. The SMILES string of the molecule is NC(=O)c1ccc(OCCC(=O)N2CC[C@@H](N)C2)cc1. The maximum atomic E-state index is 11.9. The molecule has 1 heterocycles. The molecule has 1 saturated heterocycles. The molecular weight excluding hydrogens is 258 g/mol. The van der Waals surface area contributed by atoms with E-state index in [2.05, 4.69) is 0 Å². The predicted molar refractivity (Wildman–Crippen MR) is 74.2 cm³/mol. The molecule has 1 aliphatic heterocycles. The van der Waals surface area contributed by atoms with E-state index in [-0.39, 0.29) is 11.9 Å². The Bertz CT molecular complexity index is 487. The number of hydrogen-bond acceptors (Lipinski definition) is 4. The highest BCUT2D eigenvalue weighted by molar-refractivity contribution is 5.92. The van der Waals surface area contributed by atoms with Crippen LogP contribution in [0.5, 0.6) is 5.75 Å². The van der Waals surface area contributed by atoms with Crippen molar-refractivity contribution in [2.75, 3.05) is 19.7 Å². The van der Waals surface area contributed by atoms with Crippen LogP contribution in [0.4, 0.5) is 0 Å². The largest absolute Gasteiger partial charge is 0.493 e. The number of hydrogen-bond donors (Lipinski definition) is 2. The van der Waals surface area contributed by atoms with E-state index in [9.17, 15) is 9.59 Å².